The van der Waals surface area contributed by atoms with Crippen LogP contribution in [0.2, 0.25) is 0 Å². The van der Waals surface area contributed by atoms with Gasteiger partial charge in [0.15, 0.2) is 6.10 Å². The molecule has 2 amide bonds. The molecule has 1 aliphatic rings. The number of carbonyl (C=O) groups excluding carboxylic acids is 3. The monoisotopic (exact) mass is 412 g/mol. The summed E-state index contributed by atoms with van der Waals surface area (Å²) in [5.41, 5.74) is 1.57. The number of amides is 2. The molecule has 0 N–H and O–H groups in total. The Labute approximate surface area is 174 Å². The summed E-state index contributed by atoms with van der Waals surface area (Å²) in [5, 5.41) is 0. The zero-order chi connectivity index (χ0) is 20.8. The van der Waals surface area contributed by atoms with Gasteiger partial charge in [-0.1, -0.05) is 30.3 Å². The first-order chi connectivity index (χ1) is 14.0. The number of fused-ring (bicyclic) bond motifs is 1. The van der Waals surface area contributed by atoms with Crippen molar-refractivity contribution in [3.63, 3.8) is 0 Å². The van der Waals surface area contributed by atoms with E-state index < -0.39 is 12.1 Å². The lowest BCUT2D eigenvalue weighted by atomic mass is 10.2. The Morgan fingerprint density at radius 2 is 1.83 bits per heavy atom. The second-order valence-electron chi connectivity index (χ2n) is 6.60. The second-order valence-corrected chi connectivity index (χ2v) is 7.62. The summed E-state index contributed by atoms with van der Waals surface area (Å²) in [6.07, 6.45) is -0.873. The molecule has 152 valence electrons. The Kier molecular flexibility index (Phi) is 6.93. The fourth-order valence-corrected chi connectivity index (χ4v) is 4.14. The maximum Gasteiger partial charge on any atom is 0.308 e. The Balaban J connectivity index is 1.58. The number of thioether (sulfide) groups is 1. The largest absolute Gasteiger partial charge is 0.452 e. The molecule has 29 heavy (non-hydrogen) atoms. The number of benzene rings is 2. The van der Waals surface area contributed by atoms with E-state index in [0.717, 1.165) is 16.3 Å². The molecule has 2 aromatic rings. The van der Waals surface area contributed by atoms with Crippen molar-refractivity contribution < 1.29 is 19.1 Å². The normalized spacial score (nSPS) is 14.1. The highest BCUT2D eigenvalue weighted by Crippen LogP contribution is 2.34. The van der Waals surface area contributed by atoms with Gasteiger partial charge in [0, 0.05) is 23.7 Å². The third-order valence-electron chi connectivity index (χ3n) is 4.65. The van der Waals surface area contributed by atoms with E-state index in [9.17, 15) is 14.4 Å². The lowest BCUT2D eigenvalue weighted by Crippen LogP contribution is -2.41. The van der Waals surface area contributed by atoms with Crippen LogP contribution in [0.3, 0.4) is 0 Å². The number of hydrogen-bond donors (Lipinski definition) is 0. The molecule has 0 fully saturated rings. The molecule has 0 unspecified atom stereocenters. The summed E-state index contributed by atoms with van der Waals surface area (Å²) >= 11 is 1.50. The van der Waals surface area contributed by atoms with E-state index in [-0.39, 0.29) is 24.8 Å². The van der Waals surface area contributed by atoms with Crippen LogP contribution in [-0.2, 0) is 19.1 Å². The van der Waals surface area contributed by atoms with Crippen LogP contribution in [0.15, 0.2) is 59.5 Å². The van der Waals surface area contributed by atoms with Crippen LogP contribution in [0, 0.1) is 0 Å². The van der Waals surface area contributed by atoms with Crippen LogP contribution < -0.4 is 9.80 Å². The Hall–Kier alpha value is -2.80. The summed E-state index contributed by atoms with van der Waals surface area (Å²) in [6, 6.07) is 16.9. The molecule has 0 spiro atoms. The minimum Gasteiger partial charge on any atom is -0.452 e. The Bertz CT molecular complexity index is 887. The number of carbonyl (C=O) groups is 3. The van der Waals surface area contributed by atoms with Crippen molar-refractivity contribution >= 4 is 40.9 Å². The van der Waals surface area contributed by atoms with Crippen molar-refractivity contribution in [2.45, 2.75) is 31.3 Å². The average molecular weight is 413 g/mol. The van der Waals surface area contributed by atoms with E-state index >= 15 is 0 Å². The van der Waals surface area contributed by atoms with Crippen molar-refractivity contribution in [2.24, 2.45) is 0 Å². The van der Waals surface area contributed by atoms with Gasteiger partial charge >= 0.3 is 5.97 Å². The molecule has 7 heteroatoms. The smallest absolute Gasteiger partial charge is 0.308 e. The standard InChI is InChI=1S/C22H24N2O4S/c1-3-23(17-9-5-4-6-10-17)22(27)16(2)28-21(26)13-14-24-18-11-7-8-12-19(18)29-15-20(24)25/h4-12,16H,3,13-15H2,1-2H3/t16-/m1/s1. The molecule has 6 nitrogen and oxygen atoms in total. The third-order valence-corrected chi connectivity index (χ3v) is 5.70. The summed E-state index contributed by atoms with van der Waals surface area (Å²) in [5.74, 6) is -0.461. The van der Waals surface area contributed by atoms with E-state index in [1.807, 2.05) is 61.5 Å². The molecule has 1 atom stereocenters. The number of ether oxygens (including phenoxy) is 1. The number of anilines is 2. The van der Waals surface area contributed by atoms with E-state index in [1.54, 1.807) is 16.7 Å². The van der Waals surface area contributed by atoms with Crippen molar-refractivity contribution in [1.82, 2.24) is 0 Å². The highest BCUT2D eigenvalue weighted by molar-refractivity contribution is 8.00. The summed E-state index contributed by atoms with van der Waals surface area (Å²) < 4.78 is 5.36. The summed E-state index contributed by atoms with van der Waals surface area (Å²) in [6.45, 7) is 4.15. The predicted octanol–water partition coefficient (Wildman–Crippen LogP) is 3.50. The second kappa shape index (κ2) is 9.60. The summed E-state index contributed by atoms with van der Waals surface area (Å²) in [7, 11) is 0. The lowest BCUT2D eigenvalue weighted by molar-refractivity contribution is -0.153. The highest BCUT2D eigenvalue weighted by atomic mass is 32.2. The van der Waals surface area contributed by atoms with Crippen molar-refractivity contribution in [1.29, 1.82) is 0 Å². The fraction of sp³-hybridized carbons (Fsp3) is 0.318. The van der Waals surface area contributed by atoms with Crippen molar-refractivity contribution in [2.75, 3.05) is 28.6 Å². The van der Waals surface area contributed by atoms with Gasteiger partial charge < -0.3 is 14.5 Å². The number of nitrogens with zero attached hydrogens (tertiary/aromatic N) is 2. The van der Waals surface area contributed by atoms with E-state index in [1.165, 1.54) is 11.8 Å². The van der Waals surface area contributed by atoms with Gasteiger partial charge in [0.2, 0.25) is 5.91 Å². The van der Waals surface area contributed by atoms with Gasteiger partial charge in [0.25, 0.3) is 5.91 Å². The first-order valence-corrected chi connectivity index (χ1v) is 10.6. The van der Waals surface area contributed by atoms with Crippen LogP contribution in [0.1, 0.15) is 20.3 Å². The Morgan fingerprint density at radius 1 is 1.14 bits per heavy atom. The lowest BCUT2D eigenvalue weighted by Gasteiger charge is -2.29. The minimum absolute atomic E-state index is 0.0276. The predicted molar refractivity (Wildman–Crippen MR) is 114 cm³/mol. The van der Waals surface area contributed by atoms with Gasteiger partial charge in [-0.2, -0.15) is 0 Å². The molecule has 0 bridgehead atoms. The van der Waals surface area contributed by atoms with Crippen LogP contribution in [-0.4, -0.2) is 42.7 Å². The maximum absolute atomic E-state index is 12.7. The van der Waals surface area contributed by atoms with Crippen LogP contribution >= 0.6 is 11.8 Å². The molecule has 0 saturated carbocycles. The van der Waals surface area contributed by atoms with Gasteiger partial charge in [-0.3, -0.25) is 14.4 Å². The number of hydrogen-bond acceptors (Lipinski definition) is 5. The van der Waals surface area contributed by atoms with Gasteiger partial charge in [-0.15, -0.1) is 11.8 Å². The SMILES string of the molecule is CCN(C(=O)[C@@H](C)OC(=O)CCN1C(=O)CSc2ccccc21)c1ccccc1. The Morgan fingerprint density at radius 3 is 2.55 bits per heavy atom. The van der Waals surface area contributed by atoms with E-state index in [0.29, 0.717) is 12.3 Å². The quantitative estimate of drug-likeness (QED) is 0.651. The van der Waals surface area contributed by atoms with Crippen molar-refractivity contribution in [3.05, 3.63) is 54.6 Å². The zero-order valence-corrected chi connectivity index (χ0v) is 17.4. The van der Waals surface area contributed by atoms with E-state index in [4.69, 9.17) is 4.74 Å². The molecular formula is C22H24N2O4S. The molecule has 0 aliphatic carbocycles. The van der Waals surface area contributed by atoms with Crippen LogP contribution in [0.5, 0.6) is 0 Å². The van der Waals surface area contributed by atoms with Gasteiger partial charge in [0.1, 0.15) is 0 Å². The van der Waals surface area contributed by atoms with Crippen LogP contribution in [0.4, 0.5) is 11.4 Å². The van der Waals surface area contributed by atoms with Gasteiger partial charge in [0.05, 0.1) is 17.9 Å². The molecular weight excluding hydrogens is 388 g/mol. The van der Waals surface area contributed by atoms with Crippen molar-refractivity contribution in [3.8, 4) is 0 Å². The summed E-state index contributed by atoms with van der Waals surface area (Å²) in [4.78, 5) is 41.5. The first-order valence-electron chi connectivity index (χ1n) is 9.59. The van der Waals surface area contributed by atoms with E-state index in [2.05, 4.69) is 0 Å². The molecule has 3 rings (SSSR count). The number of rotatable bonds is 7. The number of para-hydroxylation sites is 2. The first kappa shape index (κ1) is 20.9. The van der Waals surface area contributed by atoms with Gasteiger partial charge in [-0.25, -0.2) is 0 Å². The molecule has 0 saturated heterocycles. The highest BCUT2D eigenvalue weighted by Gasteiger charge is 2.27. The molecule has 1 aliphatic heterocycles. The van der Waals surface area contributed by atoms with Crippen LogP contribution in [0.25, 0.3) is 0 Å². The molecule has 1 heterocycles. The maximum atomic E-state index is 12.7. The third kappa shape index (κ3) is 4.98. The fourth-order valence-electron chi connectivity index (χ4n) is 3.20. The topological polar surface area (TPSA) is 66.9 Å². The minimum atomic E-state index is -0.900. The number of esters is 1. The van der Waals surface area contributed by atoms with Gasteiger partial charge in [-0.05, 0) is 38.1 Å². The zero-order valence-electron chi connectivity index (χ0n) is 16.5. The molecule has 0 radical (unpaired) electrons. The average Bonchev–Trinajstić information content (AvgIpc) is 2.74. The molecule has 0 aromatic heterocycles. The molecule has 2 aromatic carbocycles. The number of likely N-dealkylation sites (N-methyl/N-ethyl adjacent to an activating group) is 1.